The third kappa shape index (κ3) is 7.21. The van der Waals surface area contributed by atoms with Crippen molar-refractivity contribution in [3.63, 3.8) is 0 Å². The maximum atomic E-state index is 12.8. The Bertz CT molecular complexity index is 468. The lowest BCUT2D eigenvalue weighted by Gasteiger charge is -2.27. The van der Waals surface area contributed by atoms with Crippen LogP contribution in [0, 0.1) is 23.7 Å². The third-order valence-electron chi connectivity index (χ3n) is 4.42. The van der Waals surface area contributed by atoms with E-state index < -0.39 is 0 Å². The molecule has 0 aliphatic heterocycles. The van der Waals surface area contributed by atoms with E-state index in [4.69, 9.17) is 9.47 Å². The van der Waals surface area contributed by atoms with Gasteiger partial charge < -0.3 is 9.47 Å². The van der Waals surface area contributed by atoms with Gasteiger partial charge >= 0.3 is 11.9 Å². The zero-order valence-electron chi connectivity index (χ0n) is 16.9. The molecule has 0 aromatic rings. The number of esters is 2. The van der Waals surface area contributed by atoms with Crippen LogP contribution in [-0.2, 0) is 19.1 Å². The highest BCUT2D eigenvalue weighted by Gasteiger charge is 2.32. The summed E-state index contributed by atoms with van der Waals surface area (Å²) in [5, 5.41) is 0. The molecular formula is C21H36O4. The van der Waals surface area contributed by atoms with Crippen LogP contribution in [-0.4, -0.2) is 25.2 Å². The molecule has 0 heterocycles. The number of carbonyl (C=O) groups is 2. The molecule has 25 heavy (non-hydrogen) atoms. The van der Waals surface area contributed by atoms with Crippen molar-refractivity contribution in [3.8, 4) is 0 Å². The average Bonchev–Trinajstić information content (AvgIpc) is 2.55. The summed E-state index contributed by atoms with van der Waals surface area (Å²) in [7, 11) is 0. The Kier molecular flexibility index (Phi) is 9.23. The van der Waals surface area contributed by atoms with Crippen molar-refractivity contribution in [2.24, 2.45) is 23.7 Å². The summed E-state index contributed by atoms with van der Waals surface area (Å²) in [6, 6.07) is 0. The van der Waals surface area contributed by atoms with E-state index in [-0.39, 0.29) is 35.6 Å². The van der Waals surface area contributed by atoms with Gasteiger partial charge in [0.25, 0.3) is 0 Å². The molecule has 1 saturated carbocycles. The van der Waals surface area contributed by atoms with E-state index in [0.29, 0.717) is 24.4 Å². The fourth-order valence-corrected chi connectivity index (χ4v) is 3.18. The summed E-state index contributed by atoms with van der Waals surface area (Å²) in [5.74, 6) is -0.104. The van der Waals surface area contributed by atoms with Crippen molar-refractivity contribution < 1.29 is 19.1 Å². The highest BCUT2D eigenvalue weighted by Crippen LogP contribution is 2.34. The maximum Gasteiger partial charge on any atom is 0.334 e. The fraction of sp³-hybridized carbons (Fsp3) is 0.810. The quantitative estimate of drug-likeness (QED) is 0.460. The molecule has 0 amide bonds. The van der Waals surface area contributed by atoms with Gasteiger partial charge in [-0.2, -0.15) is 0 Å². The van der Waals surface area contributed by atoms with Crippen molar-refractivity contribution in [1.29, 1.82) is 0 Å². The summed E-state index contributed by atoms with van der Waals surface area (Å²) in [6.07, 6.45) is 5.27. The van der Waals surface area contributed by atoms with Crippen LogP contribution in [0.4, 0.5) is 0 Å². The van der Waals surface area contributed by atoms with Crippen LogP contribution in [0.3, 0.4) is 0 Å². The molecular weight excluding hydrogens is 316 g/mol. The zero-order valence-corrected chi connectivity index (χ0v) is 16.9. The average molecular weight is 353 g/mol. The van der Waals surface area contributed by atoms with E-state index >= 15 is 0 Å². The van der Waals surface area contributed by atoms with E-state index in [1.165, 1.54) is 6.42 Å². The first-order chi connectivity index (χ1) is 11.7. The van der Waals surface area contributed by atoms with Gasteiger partial charge in [-0.05, 0) is 36.5 Å². The second-order valence-corrected chi connectivity index (χ2v) is 8.30. The molecule has 0 radical (unpaired) electrons. The molecule has 4 heteroatoms. The van der Waals surface area contributed by atoms with Gasteiger partial charge in [-0.1, -0.05) is 60.8 Å². The molecule has 0 atom stereocenters. The number of carbonyl (C=O) groups excluding carboxylic acids is 2. The Labute approximate surface area is 153 Å². The SMILES string of the molecule is CC(C)COC(=O)/C(=C(\C(=O)OCC(C)C)C1CCCCC1)C(C)C. The highest BCUT2D eigenvalue weighted by atomic mass is 16.5. The van der Waals surface area contributed by atoms with Gasteiger partial charge in [0.15, 0.2) is 0 Å². The van der Waals surface area contributed by atoms with Crippen LogP contribution >= 0.6 is 0 Å². The first kappa shape index (κ1) is 21.7. The number of ether oxygens (including phenoxy) is 2. The van der Waals surface area contributed by atoms with E-state index in [1.54, 1.807) is 0 Å². The molecule has 0 aromatic heterocycles. The van der Waals surface area contributed by atoms with Crippen molar-refractivity contribution in [2.75, 3.05) is 13.2 Å². The Morgan fingerprint density at radius 2 is 1.28 bits per heavy atom. The number of hydrogen-bond donors (Lipinski definition) is 0. The summed E-state index contributed by atoms with van der Waals surface area (Å²) in [5.41, 5.74) is 1.09. The second kappa shape index (κ2) is 10.6. The molecule has 1 aliphatic carbocycles. The number of hydrogen-bond acceptors (Lipinski definition) is 4. The van der Waals surface area contributed by atoms with E-state index in [2.05, 4.69) is 0 Å². The topological polar surface area (TPSA) is 52.6 Å². The van der Waals surface area contributed by atoms with Gasteiger partial charge in [0.1, 0.15) is 0 Å². The molecule has 0 saturated heterocycles. The van der Waals surface area contributed by atoms with Gasteiger partial charge in [-0.25, -0.2) is 9.59 Å². The Morgan fingerprint density at radius 1 is 0.800 bits per heavy atom. The lowest BCUT2D eigenvalue weighted by molar-refractivity contribution is -0.144. The highest BCUT2D eigenvalue weighted by molar-refractivity contribution is 6.01. The van der Waals surface area contributed by atoms with Crippen LogP contribution < -0.4 is 0 Å². The van der Waals surface area contributed by atoms with Crippen molar-refractivity contribution >= 4 is 11.9 Å². The third-order valence-corrected chi connectivity index (χ3v) is 4.42. The Hall–Kier alpha value is -1.32. The smallest absolute Gasteiger partial charge is 0.334 e. The Morgan fingerprint density at radius 3 is 1.72 bits per heavy atom. The van der Waals surface area contributed by atoms with Gasteiger partial charge in [0.2, 0.25) is 0 Å². The van der Waals surface area contributed by atoms with Crippen LogP contribution in [0.1, 0.15) is 73.6 Å². The molecule has 0 spiro atoms. The first-order valence-electron chi connectivity index (χ1n) is 9.82. The molecule has 0 bridgehead atoms. The molecule has 0 N–H and O–H groups in total. The summed E-state index contributed by atoms with van der Waals surface area (Å²) >= 11 is 0. The zero-order chi connectivity index (χ0) is 19.0. The summed E-state index contributed by atoms with van der Waals surface area (Å²) in [6.45, 7) is 12.7. The van der Waals surface area contributed by atoms with Gasteiger partial charge in [0, 0.05) is 0 Å². The van der Waals surface area contributed by atoms with Crippen molar-refractivity contribution in [2.45, 2.75) is 73.6 Å². The Balaban J connectivity index is 3.17. The van der Waals surface area contributed by atoms with Crippen molar-refractivity contribution in [1.82, 2.24) is 0 Å². The molecule has 4 nitrogen and oxygen atoms in total. The first-order valence-corrected chi connectivity index (χ1v) is 9.82. The van der Waals surface area contributed by atoms with Crippen LogP contribution in [0.2, 0.25) is 0 Å². The molecule has 144 valence electrons. The van der Waals surface area contributed by atoms with Crippen LogP contribution in [0.5, 0.6) is 0 Å². The molecule has 1 aliphatic rings. The molecule has 0 unspecified atom stereocenters. The van der Waals surface area contributed by atoms with Crippen molar-refractivity contribution in [3.05, 3.63) is 11.1 Å². The molecule has 1 fully saturated rings. The largest absolute Gasteiger partial charge is 0.462 e. The lowest BCUT2D eigenvalue weighted by Crippen LogP contribution is -2.27. The standard InChI is InChI=1S/C21H36O4/c1-14(2)12-24-20(22)18(16(5)6)19(17-10-8-7-9-11-17)21(23)25-13-15(3)4/h14-17H,7-13H2,1-6H3/b19-18-. The minimum absolute atomic E-state index is 0.0665. The van der Waals surface area contributed by atoms with Crippen LogP contribution in [0.25, 0.3) is 0 Å². The minimum atomic E-state index is -0.356. The van der Waals surface area contributed by atoms with E-state index in [9.17, 15) is 9.59 Å². The van der Waals surface area contributed by atoms with Gasteiger partial charge in [-0.15, -0.1) is 0 Å². The van der Waals surface area contributed by atoms with Gasteiger partial charge in [-0.3, -0.25) is 0 Å². The molecule has 1 rings (SSSR count). The lowest BCUT2D eigenvalue weighted by atomic mass is 9.79. The van der Waals surface area contributed by atoms with E-state index in [0.717, 1.165) is 25.7 Å². The monoisotopic (exact) mass is 352 g/mol. The molecule has 0 aromatic carbocycles. The predicted molar refractivity (Wildman–Crippen MR) is 100 cm³/mol. The van der Waals surface area contributed by atoms with E-state index in [1.807, 2.05) is 41.5 Å². The minimum Gasteiger partial charge on any atom is -0.462 e. The fourth-order valence-electron chi connectivity index (χ4n) is 3.18. The second-order valence-electron chi connectivity index (χ2n) is 8.30. The predicted octanol–water partition coefficient (Wildman–Crippen LogP) is 4.92. The van der Waals surface area contributed by atoms with Crippen LogP contribution in [0.15, 0.2) is 11.1 Å². The summed E-state index contributed by atoms with van der Waals surface area (Å²) in [4.78, 5) is 25.6. The normalized spacial score (nSPS) is 17.0. The van der Waals surface area contributed by atoms with Gasteiger partial charge in [0.05, 0.1) is 24.4 Å². The number of rotatable bonds is 8. The maximum absolute atomic E-state index is 12.8. The summed E-state index contributed by atoms with van der Waals surface area (Å²) < 4.78 is 11.0.